The van der Waals surface area contributed by atoms with E-state index in [-0.39, 0.29) is 17.7 Å². The first kappa shape index (κ1) is 10.4. The van der Waals surface area contributed by atoms with Gasteiger partial charge in [-0.15, -0.1) is 11.3 Å². The van der Waals surface area contributed by atoms with E-state index in [9.17, 15) is 4.79 Å². The number of ketones is 1. The summed E-state index contributed by atoms with van der Waals surface area (Å²) in [6.07, 6.45) is 0.528. The van der Waals surface area contributed by atoms with Gasteiger partial charge in [0.1, 0.15) is 5.78 Å². The lowest BCUT2D eigenvalue weighted by Crippen LogP contribution is -2.31. The fourth-order valence-electron chi connectivity index (χ4n) is 1.04. The molecule has 0 aliphatic rings. The van der Waals surface area contributed by atoms with Crippen LogP contribution >= 0.6 is 11.3 Å². The Morgan fingerprint density at radius 2 is 2.31 bits per heavy atom. The van der Waals surface area contributed by atoms with E-state index in [1.807, 2.05) is 31.4 Å². The molecule has 0 saturated carbocycles. The maximum atomic E-state index is 11.6. The van der Waals surface area contributed by atoms with Crippen molar-refractivity contribution in [3.05, 3.63) is 22.4 Å². The summed E-state index contributed by atoms with van der Waals surface area (Å²) in [5.74, 6) is 0.194. The van der Waals surface area contributed by atoms with Gasteiger partial charge in [0, 0.05) is 23.3 Å². The van der Waals surface area contributed by atoms with E-state index in [4.69, 9.17) is 5.73 Å². The average Bonchev–Trinajstić information content (AvgIpc) is 2.55. The van der Waals surface area contributed by atoms with Gasteiger partial charge in [-0.1, -0.05) is 13.0 Å². The first-order valence-electron chi connectivity index (χ1n) is 4.42. The van der Waals surface area contributed by atoms with Crippen molar-refractivity contribution in [3.8, 4) is 0 Å². The third-order valence-electron chi connectivity index (χ3n) is 2.23. The van der Waals surface area contributed by atoms with Crippen molar-refractivity contribution in [2.24, 2.45) is 11.7 Å². The number of hydrogen-bond donors (Lipinski definition) is 1. The minimum absolute atomic E-state index is 0.0397. The second-order valence-electron chi connectivity index (χ2n) is 3.37. The van der Waals surface area contributed by atoms with Gasteiger partial charge in [0.2, 0.25) is 0 Å². The Kier molecular flexibility index (Phi) is 3.63. The van der Waals surface area contributed by atoms with Gasteiger partial charge >= 0.3 is 0 Å². The molecule has 0 aromatic carbocycles. The SMILES string of the molecule is CC(N)C(C)C(=O)Cc1cccs1. The maximum Gasteiger partial charge on any atom is 0.142 e. The second-order valence-corrected chi connectivity index (χ2v) is 4.40. The van der Waals surface area contributed by atoms with Crippen LogP contribution in [0.5, 0.6) is 0 Å². The van der Waals surface area contributed by atoms with Crippen LogP contribution in [-0.4, -0.2) is 11.8 Å². The van der Waals surface area contributed by atoms with Crippen LogP contribution in [0, 0.1) is 5.92 Å². The maximum absolute atomic E-state index is 11.6. The van der Waals surface area contributed by atoms with Gasteiger partial charge in [-0.2, -0.15) is 0 Å². The van der Waals surface area contributed by atoms with Gasteiger partial charge in [-0.25, -0.2) is 0 Å². The van der Waals surface area contributed by atoms with E-state index < -0.39 is 0 Å². The zero-order valence-corrected chi connectivity index (χ0v) is 8.80. The number of Topliss-reactive ketones (excluding diaryl/α,β-unsaturated/α-hetero) is 1. The quantitative estimate of drug-likeness (QED) is 0.800. The summed E-state index contributed by atoms with van der Waals surface area (Å²) in [7, 11) is 0. The Morgan fingerprint density at radius 3 is 2.77 bits per heavy atom. The minimum atomic E-state index is -0.0486. The monoisotopic (exact) mass is 197 g/mol. The summed E-state index contributed by atoms with van der Waals surface area (Å²) in [5.41, 5.74) is 5.65. The molecule has 0 aliphatic heterocycles. The van der Waals surface area contributed by atoms with Crippen molar-refractivity contribution >= 4 is 17.1 Å². The summed E-state index contributed by atoms with van der Waals surface area (Å²) in [6, 6.07) is 3.90. The van der Waals surface area contributed by atoms with Crippen molar-refractivity contribution in [1.82, 2.24) is 0 Å². The number of nitrogens with two attached hydrogens (primary N) is 1. The predicted molar refractivity (Wildman–Crippen MR) is 55.8 cm³/mol. The Labute approximate surface area is 82.8 Å². The van der Waals surface area contributed by atoms with Crippen LogP contribution in [-0.2, 0) is 11.2 Å². The fraction of sp³-hybridized carbons (Fsp3) is 0.500. The molecule has 1 rings (SSSR count). The molecular weight excluding hydrogens is 182 g/mol. The molecule has 2 unspecified atom stereocenters. The average molecular weight is 197 g/mol. The molecule has 2 nitrogen and oxygen atoms in total. The minimum Gasteiger partial charge on any atom is -0.327 e. The number of rotatable bonds is 4. The van der Waals surface area contributed by atoms with Crippen molar-refractivity contribution in [3.63, 3.8) is 0 Å². The number of carbonyl (C=O) groups excluding carboxylic acids is 1. The van der Waals surface area contributed by atoms with Crippen LogP contribution in [0.1, 0.15) is 18.7 Å². The molecule has 0 saturated heterocycles. The molecule has 13 heavy (non-hydrogen) atoms. The Bertz CT molecular complexity index is 266. The van der Waals surface area contributed by atoms with Crippen molar-refractivity contribution in [2.75, 3.05) is 0 Å². The van der Waals surface area contributed by atoms with Gasteiger partial charge in [0.05, 0.1) is 0 Å². The van der Waals surface area contributed by atoms with Crippen LogP contribution in [0.15, 0.2) is 17.5 Å². The highest BCUT2D eigenvalue weighted by Crippen LogP contribution is 2.13. The van der Waals surface area contributed by atoms with Crippen molar-refractivity contribution in [1.29, 1.82) is 0 Å². The first-order chi connectivity index (χ1) is 6.11. The molecule has 2 N–H and O–H groups in total. The van der Waals surface area contributed by atoms with Crippen LogP contribution < -0.4 is 5.73 Å². The third kappa shape index (κ3) is 2.94. The summed E-state index contributed by atoms with van der Waals surface area (Å²) in [4.78, 5) is 12.7. The molecule has 0 aliphatic carbocycles. The summed E-state index contributed by atoms with van der Waals surface area (Å²) < 4.78 is 0. The molecule has 0 amide bonds. The van der Waals surface area contributed by atoms with Crippen LogP contribution in [0.3, 0.4) is 0 Å². The zero-order chi connectivity index (χ0) is 9.84. The lowest BCUT2D eigenvalue weighted by Gasteiger charge is -2.13. The lowest BCUT2D eigenvalue weighted by molar-refractivity contribution is -0.122. The van der Waals surface area contributed by atoms with Crippen LogP contribution in [0.2, 0.25) is 0 Å². The molecule has 0 spiro atoms. The number of thiophene rings is 1. The normalized spacial score (nSPS) is 15.3. The zero-order valence-electron chi connectivity index (χ0n) is 7.99. The summed E-state index contributed by atoms with van der Waals surface area (Å²) in [6.45, 7) is 3.76. The molecule has 0 radical (unpaired) electrons. The molecule has 3 heteroatoms. The van der Waals surface area contributed by atoms with Gasteiger partial charge in [0.25, 0.3) is 0 Å². The first-order valence-corrected chi connectivity index (χ1v) is 5.30. The summed E-state index contributed by atoms with van der Waals surface area (Å²) >= 11 is 1.62. The van der Waals surface area contributed by atoms with Gasteiger partial charge < -0.3 is 5.73 Å². The highest BCUT2D eigenvalue weighted by molar-refractivity contribution is 7.10. The molecule has 0 bridgehead atoms. The van der Waals surface area contributed by atoms with Crippen molar-refractivity contribution < 1.29 is 4.79 Å². The second kappa shape index (κ2) is 4.53. The van der Waals surface area contributed by atoms with E-state index in [0.717, 1.165) is 4.88 Å². The summed E-state index contributed by atoms with van der Waals surface area (Å²) in [5, 5.41) is 1.99. The highest BCUT2D eigenvalue weighted by atomic mass is 32.1. The highest BCUT2D eigenvalue weighted by Gasteiger charge is 2.17. The Morgan fingerprint density at radius 1 is 1.62 bits per heavy atom. The smallest absolute Gasteiger partial charge is 0.142 e. The van der Waals surface area contributed by atoms with Crippen LogP contribution in [0.25, 0.3) is 0 Å². The molecule has 0 fully saturated rings. The van der Waals surface area contributed by atoms with E-state index in [1.165, 1.54) is 0 Å². The number of carbonyl (C=O) groups is 1. The van der Waals surface area contributed by atoms with Crippen molar-refractivity contribution in [2.45, 2.75) is 26.3 Å². The Balaban J connectivity index is 2.51. The third-order valence-corrected chi connectivity index (χ3v) is 3.10. The van der Waals surface area contributed by atoms with E-state index in [0.29, 0.717) is 6.42 Å². The number of hydrogen-bond acceptors (Lipinski definition) is 3. The predicted octanol–water partition coefficient (Wildman–Crippen LogP) is 1.84. The van der Waals surface area contributed by atoms with Gasteiger partial charge in [-0.3, -0.25) is 4.79 Å². The molecule has 1 aromatic rings. The topological polar surface area (TPSA) is 43.1 Å². The van der Waals surface area contributed by atoms with E-state index in [2.05, 4.69) is 0 Å². The molecule has 1 heterocycles. The van der Waals surface area contributed by atoms with Gasteiger partial charge in [-0.05, 0) is 18.4 Å². The lowest BCUT2D eigenvalue weighted by atomic mass is 9.97. The fourth-order valence-corrected chi connectivity index (χ4v) is 1.75. The molecule has 1 aromatic heterocycles. The molecule has 72 valence electrons. The largest absolute Gasteiger partial charge is 0.327 e. The molecule has 2 atom stereocenters. The van der Waals surface area contributed by atoms with E-state index in [1.54, 1.807) is 11.3 Å². The Hall–Kier alpha value is -0.670. The van der Waals surface area contributed by atoms with E-state index >= 15 is 0 Å². The molecular formula is C10H15NOS. The van der Waals surface area contributed by atoms with Crippen LogP contribution in [0.4, 0.5) is 0 Å². The standard InChI is InChI=1S/C10H15NOS/c1-7(8(2)11)10(12)6-9-4-3-5-13-9/h3-5,7-8H,6,11H2,1-2H3. The van der Waals surface area contributed by atoms with Gasteiger partial charge in [0.15, 0.2) is 0 Å².